The number of carboxylic acids is 1. The summed E-state index contributed by atoms with van der Waals surface area (Å²) in [7, 11) is 0. The van der Waals surface area contributed by atoms with E-state index in [-0.39, 0.29) is 6.42 Å². The van der Waals surface area contributed by atoms with E-state index in [0.717, 1.165) is 43.5 Å². The number of nitrogens with zero attached hydrogens (tertiary/aromatic N) is 3. The third-order valence-electron chi connectivity index (χ3n) is 3.48. The van der Waals surface area contributed by atoms with Gasteiger partial charge < -0.3 is 5.11 Å². The van der Waals surface area contributed by atoms with E-state index >= 15 is 0 Å². The van der Waals surface area contributed by atoms with Gasteiger partial charge in [-0.25, -0.2) is 4.68 Å². The molecule has 112 valence electrons. The number of benzene rings is 1. The van der Waals surface area contributed by atoms with Gasteiger partial charge in [0.15, 0.2) is 0 Å². The molecule has 1 aromatic carbocycles. The molecule has 0 fully saturated rings. The molecule has 1 heterocycles. The summed E-state index contributed by atoms with van der Waals surface area (Å²) in [6.07, 6.45) is 6.89. The second-order valence-corrected chi connectivity index (χ2v) is 5.25. The van der Waals surface area contributed by atoms with Crippen LogP contribution in [-0.4, -0.2) is 26.1 Å². The maximum absolute atomic E-state index is 10.4. The van der Waals surface area contributed by atoms with Crippen molar-refractivity contribution >= 4 is 5.97 Å². The van der Waals surface area contributed by atoms with E-state index < -0.39 is 5.97 Å². The van der Waals surface area contributed by atoms with Crippen molar-refractivity contribution in [3.05, 3.63) is 41.7 Å². The molecule has 0 aliphatic heterocycles. The maximum atomic E-state index is 10.4. The first kappa shape index (κ1) is 15.2. The molecule has 5 nitrogen and oxygen atoms in total. The Bertz CT molecular complexity index is 593. The molecule has 1 N–H and O–H groups in total. The number of aliphatic carboxylic acids is 1. The fourth-order valence-corrected chi connectivity index (χ4v) is 2.29. The van der Waals surface area contributed by atoms with Crippen LogP contribution in [0.5, 0.6) is 0 Å². The van der Waals surface area contributed by atoms with Crippen molar-refractivity contribution in [1.29, 1.82) is 0 Å². The zero-order valence-electron chi connectivity index (χ0n) is 12.3. The lowest BCUT2D eigenvalue weighted by Crippen LogP contribution is -1.97. The number of para-hydroxylation sites is 1. The van der Waals surface area contributed by atoms with Gasteiger partial charge >= 0.3 is 5.97 Å². The number of hydrogen-bond donors (Lipinski definition) is 1. The van der Waals surface area contributed by atoms with Gasteiger partial charge in [-0.05, 0) is 37.8 Å². The summed E-state index contributed by atoms with van der Waals surface area (Å²) in [5.74, 6) is -0.712. The van der Waals surface area contributed by atoms with E-state index in [1.807, 2.05) is 29.1 Å². The van der Waals surface area contributed by atoms with Crippen LogP contribution in [0.2, 0.25) is 0 Å². The van der Waals surface area contributed by atoms with Crippen LogP contribution in [0.25, 0.3) is 5.69 Å². The Morgan fingerprint density at radius 3 is 2.71 bits per heavy atom. The highest BCUT2D eigenvalue weighted by atomic mass is 16.4. The molecule has 5 heteroatoms. The molecule has 0 saturated heterocycles. The molecule has 0 bridgehead atoms. The number of aromatic nitrogens is 3. The van der Waals surface area contributed by atoms with Crippen LogP contribution < -0.4 is 0 Å². The monoisotopic (exact) mass is 287 g/mol. The zero-order chi connectivity index (χ0) is 15.1. The molecule has 1 aromatic heterocycles. The fraction of sp³-hybridized carbons (Fsp3) is 0.438. The van der Waals surface area contributed by atoms with Crippen molar-refractivity contribution in [2.24, 2.45) is 0 Å². The van der Waals surface area contributed by atoms with Crippen molar-refractivity contribution < 1.29 is 9.90 Å². The second-order valence-electron chi connectivity index (χ2n) is 5.25. The van der Waals surface area contributed by atoms with Crippen LogP contribution in [0.15, 0.2) is 30.5 Å². The number of carbonyl (C=O) groups is 1. The molecule has 0 saturated carbocycles. The predicted molar refractivity (Wildman–Crippen MR) is 80.5 cm³/mol. The van der Waals surface area contributed by atoms with Gasteiger partial charge in [0.2, 0.25) is 0 Å². The Labute approximate surface area is 124 Å². The van der Waals surface area contributed by atoms with Crippen LogP contribution in [0.4, 0.5) is 0 Å². The Morgan fingerprint density at radius 2 is 1.95 bits per heavy atom. The molecule has 0 amide bonds. The molecule has 2 aromatic rings. The lowest BCUT2D eigenvalue weighted by Gasteiger charge is -2.03. The quantitative estimate of drug-likeness (QED) is 0.757. The van der Waals surface area contributed by atoms with Crippen molar-refractivity contribution in [3.8, 4) is 5.69 Å². The van der Waals surface area contributed by atoms with Crippen molar-refractivity contribution in [2.45, 2.75) is 45.4 Å². The molecule has 0 radical (unpaired) electrons. The summed E-state index contributed by atoms with van der Waals surface area (Å²) < 4.78 is 1.81. The van der Waals surface area contributed by atoms with Crippen LogP contribution >= 0.6 is 0 Å². The summed E-state index contributed by atoms with van der Waals surface area (Å²) in [6, 6.07) is 8.08. The number of carboxylic acid groups (broad SMARTS) is 1. The van der Waals surface area contributed by atoms with Crippen LogP contribution in [0.3, 0.4) is 0 Å². The fourth-order valence-electron chi connectivity index (χ4n) is 2.29. The topological polar surface area (TPSA) is 68.0 Å². The molecule has 2 rings (SSSR count). The Balaban J connectivity index is 1.79. The highest BCUT2D eigenvalue weighted by Crippen LogP contribution is 2.13. The van der Waals surface area contributed by atoms with Gasteiger partial charge in [0.1, 0.15) is 0 Å². The minimum Gasteiger partial charge on any atom is -0.481 e. The van der Waals surface area contributed by atoms with E-state index in [4.69, 9.17) is 5.11 Å². The highest BCUT2D eigenvalue weighted by molar-refractivity contribution is 5.66. The number of hydrogen-bond acceptors (Lipinski definition) is 3. The second kappa shape index (κ2) is 7.57. The Hall–Kier alpha value is -2.17. The van der Waals surface area contributed by atoms with E-state index in [1.165, 1.54) is 5.56 Å². The third-order valence-corrected chi connectivity index (χ3v) is 3.48. The van der Waals surface area contributed by atoms with E-state index in [1.54, 1.807) is 0 Å². The molecule has 0 spiro atoms. The van der Waals surface area contributed by atoms with Crippen LogP contribution in [0, 0.1) is 6.92 Å². The van der Waals surface area contributed by atoms with E-state index in [2.05, 4.69) is 23.3 Å². The predicted octanol–water partition coefficient (Wildman–Crippen LogP) is 3.15. The van der Waals surface area contributed by atoms with Crippen molar-refractivity contribution in [3.63, 3.8) is 0 Å². The normalized spacial score (nSPS) is 10.7. The molecular weight excluding hydrogens is 266 g/mol. The number of aryl methyl sites for hydroxylation is 2. The molecule has 21 heavy (non-hydrogen) atoms. The lowest BCUT2D eigenvalue weighted by atomic mass is 10.1. The van der Waals surface area contributed by atoms with Gasteiger partial charge in [-0.15, -0.1) is 5.10 Å². The summed E-state index contributed by atoms with van der Waals surface area (Å²) in [6.45, 7) is 2.05. The first-order valence-electron chi connectivity index (χ1n) is 7.36. The summed E-state index contributed by atoms with van der Waals surface area (Å²) in [4.78, 5) is 10.4. The minimum atomic E-state index is -0.712. The summed E-state index contributed by atoms with van der Waals surface area (Å²) in [5, 5.41) is 16.9. The molecule has 0 unspecified atom stereocenters. The van der Waals surface area contributed by atoms with Gasteiger partial charge in [0.25, 0.3) is 0 Å². The van der Waals surface area contributed by atoms with Gasteiger partial charge in [-0.1, -0.05) is 36.3 Å². The standard InChI is InChI=1S/C16H21N3O2/c1-13-8-6-7-10-15(13)19-12-14(17-18-19)9-4-2-3-5-11-16(20)21/h6-8,10,12H,2-5,9,11H2,1H3,(H,20,21). The summed E-state index contributed by atoms with van der Waals surface area (Å²) in [5.41, 5.74) is 3.21. The van der Waals surface area contributed by atoms with Crippen LogP contribution in [0.1, 0.15) is 43.4 Å². The maximum Gasteiger partial charge on any atom is 0.303 e. The summed E-state index contributed by atoms with van der Waals surface area (Å²) >= 11 is 0. The van der Waals surface area contributed by atoms with E-state index in [0.29, 0.717) is 0 Å². The molecule has 0 aliphatic rings. The van der Waals surface area contributed by atoms with Gasteiger partial charge in [0.05, 0.1) is 17.6 Å². The first-order chi connectivity index (χ1) is 10.2. The van der Waals surface area contributed by atoms with Crippen molar-refractivity contribution in [2.75, 3.05) is 0 Å². The molecule has 0 atom stereocenters. The first-order valence-corrected chi connectivity index (χ1v) is 7.36. The SMILES string of the molecule is Cc1ccccc1-n1cc(CCCCCCC(=O)O)nn1. The largest absolute Gasteiger partial charge is 0.481 e. The average Bonchev–Trinajstić information content (AvgIpc) is 2.91. The Kier molecular flexibility index (Phi) is 5.49. The molecular formula is C16H21N3O2. The molecule has 0 aliphatic carbocycles. The van der Waals surface area contributed by atoms with Gasteiger partial charge in [-0.3, -0.25) is 4.79 Å². The Morgan fingerprint density at radius 1 is 1.19 bits per heavy atom. The minimum absolute atomic E-state index is 0.267. The number of rotatable bonds is 8. The smallest absolute Gasteiger partial charge is 0.303 e. The lowest BCUT2D eigenvalue weighted by molar-refractivity contribution is -0.137. The van der Waals surface area contributed by atoms with Gasteiger partial charge in [-0.2, -0.15) is 0 Å². The number of unbranched alkanes of at least 4 members (excludes halogenated alkanes) is 3. The van der Waals surface area contributed by atoms with E-state index in [9.17, 15) is 4.79 Å². The average molecular weight is 287 g/mol. The van der Waals surface area contributed by atoms with Gasteiger partial charge in [0, 0.05) is 6.42 Å². The third kappa shape index (κ3) is 4.70. The zero-order valence-corrected chi connectivity index (χ0v) is 12.3. The van der Waals surface area contributed by atoms with Crippen molar-refractivity contribution in [1.82, 2.24) is 15.0 Å². The van der Waals surface area contributed by atoms with Crippen LogP contribution in [-0.2, 0) is 11.2 Å². The highest BCUT2D eigenvalue weighted by Gasteiger charge is 2.05.